The smallest absolute Gasteiger partial charge is 0.218 e. The highest BCUT2D eigenvalue weighted by Gasteiger charge is 2.32. The first-order chi connectivity index (χ1) is 13.9. The van der Waals surface area contributed by atoms with E-state index >= 15 is 0 Å². The number of rotatable bonds is 6. The van der Waals surface area contributed by atoms with Crippen LogP contribution >= 0.6 is 11.8 Å². The maximum atomic E-state index is 11.5. The quantitative estimate of drug-likeness (QED) is 0.717. The third kappa shape index (κ3) is 4.45. The number of nitrogens with zero attached hydrogens (tertiary/aromatic N) is 2. The molecule has 0 spiro atoms. The molecule has 29 heavy (non-hydrogen) atoms. The van der Waals surface area contributed by atoms with Gasteiger partial charge in [0.05, 0.1) is 29.2 Å². The minimum atomic E-state index is -1.11. The molecule has 0 saturated carbocycles. The van der Waals surface area contributed by atoms with Crippen LogP contribution < -0.4 is 15.8 Å². The van der Waals surface area contributed by atoms with Crippen molar-refractivity contribution in [2.45, 2.75) is 30.0 Å². The van der Waals surface area contributed by atoms with Gasteiger partial charge in [-0.3, -0.25) is 14.0 Å². The van der Waals surface area contributed by atoms with Crippen molar-refractivity contribution in [3.63, 3.8) is 0 Å². The first-order valence-corrected chi connectivity index (χ1v) is 11.7. The first-order valence-electron chi connectivity index (χ1n) is 9.26. The van der Waals surface area contributed by atoms with Crippen LogP contribution in [0.3, 0.4) is 0 Å². The minimum Gasteiger partial charge on any atom is -0.460 e. The highest BCUT2D eigenvalue weighted by atomic mass is 32.2. The van der Waals surface area contributed by atoms with Crippen LogP contribution in [0, 0.1) is 5.92 Å². The van der Waals surface area contributed by atoms with E-state index < -0.39 is 10.8 Å². The summed E-state index contributed by atoms with van der Waals surface area (Å²) in [5.74, 6) is 1.38. The van der Waals surface area contributed by atoms with Crippen molar-refractivity contribution >= 4 is 33.5 Å². The van der Waals surface area contributed by atoms with Crippen molar-refractivity contribution in [2.24, 2.45) is 16.6 Å². The number of allylic oxidation sites excluding steroid dienone is 4. The number of thioether (sulfide) groups is 1. The van der Waals surface area contributed by atoms with E-state index in [2.05, 4.69) is 28.3 Å². The largest absolute Gasteiger partial charge is 0.460 e. The number of hydrogen-bond acceptors (Lipinski definition) is 7. The van der Waals surface area contributed by atoms with Crippen LogP contribution in [-0.2, 0) is 15.6 Å². The molecule has 7 nitrogen and oxygen atoms in total. The molecule has 9 heteroatoms. The molecule has 152 valence electrons. The van der Waals surface area contributed by atoms with Gasteiger partial charge in [0.15, 0.2) is 0 Å². The Morgan fingerprint density at radius 1 is 1.45 bits per heavy atom. The van der Waals surface area contributed by atoms with Gasteiger partial charge in [-0.2, -0.15) is 0 Å². The molecule has 3 unspecified atom stereocenters. The van der Waals surface area contributed by atoms with E-state index in [0.717, 1.165) is 34.2 Å². The van der Waals surface area contributed by atoms with Gasteiger partial charge >= 0.3 is 0 Å². The van der Waals surface area contributed by atoms with Crippen molar-refractivity contribution in [3.8, 4) is 5.75 Å². The number of ether oxygens (including phenoxy) is 1. The summed E-state index contributed by atoms with van der Waals surface area (Å²) in [6, 6.07) is 3.51. The number of carbonyl (C=O) groups excluding carboxylic acids is 1. The number of carbonyl (C=O) groups is 1. The molecule has 0 fully saturated rings. The highest BCUT2D eigenvalue weighted by Crippen LogP contribution is 2.38. The normalized spacial score (nSPS) is 24.3. The van der Waals surface area contributed by atoms with Gasteiger partial charge in [-0.25, -0.2) is 4.98 Å². The van der Waals surface area contributed by atoms with E-state index in [0.29, 0.717) is 23.7 Å². The summed E-state index contributed by atoms with van der Waals surface area (Å²) in [5.41, 5.74) is 8.56. The molecule has 3 aliphatic rings. The summed E-state index contributed by atoms with van der Waals surface area (Å²) in [6.45, 7) is 2.67. The minimum absolute atomic E-state index is 0.118. The number of nitrogens with one attached hydrogen (secondary N) is 1. The predicted molar refractivity (Wildman–Crippen MR) is 115 cm³/mol. The summed E-state index contributed by atoms with van der Waals surface area (Å²) in [5, 5.41) is 5.07. The number of hydrogen-bond donors (Lipinski definition) is 2. The Morgan fingerprint density at radius 3 is 2.97 bits per heavy atom. The summed E-state index contributed by atoms with van der Waals surface area (Å²) in [7, 11) is -1.11. The summed E-state index contributed by atoms with van der Waals surface area (Å²) >= 11 is 1.60. The fraction of sp³-hybridized carbons (Fsp3) is 0.350. The Hall–Kier alpha value is -2.39. The van der Waals surface area contributed by atoms with Crippen molar-refractivity contribution in [2.75, 3.05) is 12.8 Å². The molecule has 1 aromatic heterocycles. The Bertz CT molecular complexity index is 995. The van der Waals surface area contributed by atoms with E-state index in [1.54, 1.807) is 36.3 Å². The van der Waals surface area contributed by atoms with Gasteiger partial charge in [0, 0.05) is 36.0 Å². The molecule has 0 saturated heterocycles. The number of fused-ring (bicyclic) bond motifs is 1. The molecule has 3 heterocycles. The number of primary amides is 1. The number of aliphatic imine (C=N–C) groups is 1. The maximum absolute atomic E-state index is 11.5. The third-order valence-corrected chi connectivity index (χ3v) is 6.91. The van der Waals surface area contributed by atoms with E-state index in [4.69, 9.17) is 10.5 Å². The summed E-state index contributed by atoms with van der Waals surface area (Å²) in [6.07, 6.45) is 8.48. The second-order valence-electron chi connectivity index (χ2n) is 7.17. The lowest BCUT2D eigenvalue weighted by atomic mass is 9.93. The van der Waals surface area contributed by atoms with E-state index in [1.165, 1.54) is 0 Å². The Balaban J connectivity index is 1.43. The van der Waals surface area contributed by atoms with Crippen molar-refractivity contribution in [3.05, 3.63) is 53.2 Å². The Kier molecular flexibility index (Phi) is 5.60. The van der Waals surface area contributed by atoms with E-state index in [9.17, 15) is 9.00 Å². The molecule has 1 aromatic rings. The summed E-state index contributed by atoms with van der Waals surface area (Å²) < 4.78 is 17.5. The second-order valence-corrected chi connectivity index (χ2v) is 9.78. The van der Waals surface area contributed by atoms with Gasteiger partial charge in [0.25, 0.3) is 0 Å². The van der Waals surface area contributed by atoms with Gasteiger partial charge in [-0.15, -0.1) is 0 Å². The van der Waals surface area contributed by atoms with Crippen LogP contribution in [-0.4, -0.2) is 38.2 Å². The molecule has 0 aromatic carbocycles. The van der Waals surface area contributed by atoms with Crippen LogP contribution in [0.25, 0.3) is 0 Å². The van der Waals surface area contributed by atoms with Crippen molar-refractivity contribution in [1.82, 2.24) is 10.3 Å². The molecule has 1 aliphatic carbocycles. The van der Waals surface area contributed by atoms with Gasteiger partial charge in [-0.05, 0) is 36.8 Å². The van der Waals surface area contributed by atoms with Crippen LogP contribution in [0.15, 0.2) is 63.2 Å². The standard InChI is InChI=1S/C20H22N4O3S2/c1-11-5-14(27-13-3-4-18(22-9-13)29(2)26)6-12-7-16(24-19(11)12)20-23-10-15(28-20)8-17(21)25/h3-5,7,9,12,15,24H,6,8,10H2,1-2H3,(H2,21,25). The zero-order valence-corrected chi connectivity index (χ0v) is 17.8. The lowest BCUT2D eigenvalue weighted by Crippen LogP contribution is -2.20. The maximum Gasteiger partial charge on any atom is 0.218 e. The molecule has 2 aliphatic heterocycles. The van der Waals surface area contributed by atoms with Gasteiger partial charge in [-0.1, -0.05) is 11.8 Å². The number of amides is 1. The fourth-order valence-corrected chi connectivity index (χ4v) is 5.12. The SMILES string of the molecule is CC1=C2NC(C3=NCC(CC(N)=O)S3)=CC2CC(Oc2ccc(S(C)=O)nc2)=C1. The van der Waals surface area contributed by atoms with Gasteiger partial charge in [0.2, 0.25) is 5.91 Å². The van der Waals surface area contributed by atoms with Crippen LogP contribution in [0.2, 0.25) is 0 Å². The molecular formula is C20H22N4O3S2. The van der Waals surface area contributed by atoms with Crippen LogP contribution in [0.1, 0.15) is 19.8 Å². The van der Waals surface area contributed by atoms with Gasteiger partial charge in [0.1, 0.15) is 21.6 Å². The molecular weight excluding hydrogens is 408 g/mol. The fourth-order valence-electron chi connectivity index (χ4n) is 3.55. The zero-order valence-electron chi connectivity index (χ0n) is 16.2. The lowest BCUT2D eigenvalue weighted by molar-refractivity contribution is -0.117. The second kappa shape index (κ2) is 8.16. The van der Waals surface area contributed by atoms with Crippen LogP contribution in [0.4, 0.5) is 0 Å². The first kappa shape index (κ1) is 19.9. The molecule has 3 N–H and O–H groups in total. The number of nitrogens with two attached hydrogens (primary N) is 1. The monoisotopic (exact) mass is 430 g/mol. The molecule has 4 rings (SSSR count). The number of pyridine rings is 1. The van der Waals surface area contributed by atoms with Crippen molar-refractivity contribution in [1.29, 1.82) is 0 Å². The number of aromatic nitrogens is 1. The average Bonchev–Trinajstić information content (AvgIpc) is 3.28. The van der Waals surface area contributed by atoms with E-state index in [-0.39, 0.29) is 17.1 Å². The molecule has 3 atom stereocenters. The zero-order chi connectivity index (χ0) is 20.5. The average molecular weight is 431 g/mol. The molecule has 0 radical (unpaired) electrons. The summed E-state index contributed by atoms with van der Waals surface area (Å²) in [4.78, 5) is 19.9. The third-order valence-electron chi connectivity index (χ3n) is 4.86. The highest BCUT2D eigenvalue weighted by molar-refractivity contribution is 8.15. The van der Waals surface area contributed by atoms with Gasteiger partial charge < -0.3 is 15.8 Å². The molecule has 0 bridgehead atoms. The lowest BCUT2D eigenvalue weighted by Gasteiger charge is -2.21. The van der Waals surface area contributed by atoms with Crippen LogP contribution in [0.5, 0.6) is 5.75 Å². The van der Waals surface area contributed by atoms with E-state index in [1.807, 2.05) is 6.08 Å². The topological polar surface area (TPSA) is 107 Å². The Labute approximate surface area is 176 Å². The molecule has 1 amide bonds. The Morgan fingerprint density at radius 2 is 2.28 bits per heavy atom. The van der Waals surface area contributed by atoms with Crippen molar-refractivity contribution < 1.29 is 13.7 Å². The predicted octanol–water partition coefficient (Wildman–Crippen LogP) is 2.25.